The maximum Gasteiger partial charge on any atom is 0.253 e. The SMILES string of the molecule is CCn1nc(-c2cccc(C(=O)N3CCC[C@@H](C(N)=O)C3)c2)nc1N(C)C. The van der Waals surface area contributed by atoms with E-state index in [2.05, 4.69) is 10.1 Å². The van der Waals surface area contributed by atoms with Crippen LogP contribution in [0.25, 0.3) is 11.4 Å². The van der Waals surface area contributed by atoms with Crippen molar-refractivity contribution in [2.75, 3.05) is 32.1 Å². The number of hydrogen-bond acceptors (Lipinski definition) is 5. The third-order valence-corrected chi connectivity index (χ3v) is 4.83. The normalized spacial score (nSPS) is 17.0. The van der Waals surface area contributed by atoms with Crippen molar-refractivity contribution in [3.8, 4) is 11.4 Å². The van der Waals surface area contributed by atoms with Crippen LogP contribution in [0, 0.1) is 5.92 Å². The van der Waals surface area contributed by atoms with Gasteiger partial charge in [0.1, 0.15) is 0 Å². The molecule has 1 aliphatic heterocycles. The van der Waals surface area contributed by atoms with Gasteiger partial charge in [-0.05, 0) is 31.9 Å². The number of amides is 2. The molecule has 27 heavy (non-hydrogen) atoms. The number of aryl methyl sites for hydroxylation is 1. The van der Waals surface area contributed by atoms with E-state index in [1.54, 1.807) is 11.0 Å². The number of nitrogens with zero attached hydrogens (tertiary/aromatic N) is 5. The maximum atomic E-state index is 12.9. The fraction of sp³-hybridized carbons (Fsp3) is 0.474. The molecule has 0 unspecified atom stereocenters. The molecule has 0 radical (unpaired) electrons. The summed E-state index contributed by atoms with van der Waals surface area (Å²) in [5, 5.41) is 4.55. The summed E-state index contributed by atoms with van der Waals surface area (Å²) in [5.41, 5.74) is 6.78. The van der Waals surface area contributed by atoms with Crippen LogP contribution in [0.2, 0.25) is 0 Å². The molecule has 2 heterocycles. The number of likely N-dealkylation sites (tertiary alicyclic amines) is 1. The van der Waals surface area contributed by atoms with Crippen LogP contribution in [-0.2, 0) is 11.3 Å². The van der Waals surface area contributed by atoms with Crippen molar-refractivity contribution in [3.63, 3.8) is 0 Å². The molecular formula is C19H26N6O2. The molecule has 8 nitrogen and oxygen atoms in total. The van der Waals surface area contributed by atoms with E-state index in [9.17, 15) is 9.59 Å². The van der Waals surface area contributed by atoms with E-state index in [1.807, 2.05) is 48.8 Å². The Bertz CT molecular complexity index is 844. The largest absolute Gasteiger partial charge is 0.369 e. The lowest BCUT2D eigenvalue weighted by molar-refractivity contribution is -0.123. The van der Waals surface area contributed by atoms with Gasteiger partial charge in [-0.1, -0.05) is 12.1 Å². The highest BCUT2D eigenvalue weighted by atomic mass is 16.2. The molecule has 144 valence electrons. The predicted molar refractivity (Wildman–Crippen MR) is 103 cm³/mol. The summed E-state index contributed by atoms with van der Waals surface area (Å²) in [4.78, 5) is 32.6. The standard InChI is InChI=1S/C19H26N6O2/c1-4-25-19(23(2)3)21-17(22-25)13-7-5-8-14(11-13)18(27)24-10-6-9-15(12-24)16(20)26/h5,7-8,11,15H,4,6,9-10,12H2,1-3H3,(H2,20,26)/t15-/m1/s1. The molecule has 2 aromatic rings. The molecule has 0 aliphatic carbocycles. The average Bonchev–Trinajstić information content (AvgIpc) is 3.12. The summed E-state index contributed by atoms with van der Waals surface area (Å²) >= 11 is 0. The molecule has 2 amide bonds. The third kappa shape index (κ3) is 3.94. The number of primary amides is 1. The van der Waals surface area contributed by atoms with E-state index in [0.29, 0.717) is 31.0 Å². The average molecular weight is 370 g/mol. The third-order valence-electron chi connectivity index (χ3n) is 4.83. The fourth-order valence-electron chi connectivity index (χ4n) is 3.37. The number of hydrogen-bond donors (Lipinski definition) is 1. The van der Waals surface area contributed by atoms with E-state index in [-0.39, 0.29) is 17.7 Å². The molecule has 2 N–H and O–H groups in total. The first-order valence-electron chi connectivity index (χ1n) is 9.22. The number of aromatic nitrogens is 3. The Morgan fingerprint density at radius 3 is 2.74 bits per heavy atom. The molecule has 1 aromatic heterocycles. The van der Waals surface area contributed by atoms with Gasteiger partial charge in [-0.25, -0.2) is 4.68 Å². The Balaban J connectivity index is 1.85. The summed E-state index contributed by atoms with van der Waals surface area (Å²) in [5.74, 6) is 0.654. The van der Waals surface area contributed by atoms with Gasteiger partial charge < -0.3 is 15.5 Å². The minimum Gasteiger partial charge on any atom is -0.369 e. The number of piperidine rings is 1. The van der Waals surface area contributed by atoms with Crippen LogP contribution < -0.4 is 10.6 Å². The summed E-state index contributed by atoms with van der Waals surface area (Å²) in [6.07, 6.45) is 1.53. The van der Waals surface area contributed by atoms with Gasteiger partial charge in [-0.2, -0.15) is 4.98 Å². The van der Waals surface area contributed by atoms with Crippen LogP contribution in [-0.4, -0.2) is 58.7 Å². The first kappa shape index (κ1) is 18.9. The van der Waals surface area contributed by atoms with Gasteiger partial charge in [0.25, 0.3) is 5.91 Å². The highest BCUT2D eigenvalue weighted by Gasteiger charge is 2.27. The van der Waals surface area contributed by atoms with E-state index in [0.717, 1.165) is 24.4 Å². The molecule has 1 fully saturated rings. The highest BCUT2D eigenvalue weighted by Crippen LogP contribution is 2.23. The Labute approximate surface area is 159 Å². The van der Waals surface area contributed by atoms with E-state index in [1.165, 1.54) is 0 Å². The summed E-state index contributed by atoms with van der Waals surface area (Å²) in [6.45, 7) is 3.74. The molecular weight excluding hydrogens is 344 g/mol. The first-order valence-corrected chi connectivity index (χ1v) is 9.22. The second-order valence-corrected chi connectivity index (χ2v) is 7.02. The molecule has 0 bridgehead atoms. The second-order valence-electron chi connectivity index (χ2n) is 7.02. The van der Waals surface area contributed by atoms with Crippen LogP contribution in [0.15, 0.2) is 24.3 Å². The number of carbonyl (C=O) groups excluding carboxylic acids is 2. The van der Waals surface area contributed by atoms with Crippen LogP contribution in [0.4, 0.5) is 5.95 Å². The van der Waals surface area contributed by atoms with Gasteiger partial charge >= 0.3 is 0 Å². The van der Waals surface area contributed by atoms with Gasteiger partial charge in [0, 0.05) is 44.9 Å². The summed E-state index contributed by atoms with van der Waals surface area (Å²) < 4.78 is 1.83. The van der Waals surface area contributed by atoms with Crippen LogP contribution >= 0.6 is 0 Å². The van der Waals surface area contributed by atoms with Crippen molar-refractivity contribution in [2.24, 2.45) is 11.7 Å². The van der Waals surface area contributed by atoms with E-state index < -0.39 is 0 Å². The van der Waals surface area contributed by atoms with E-state index >= 15 is 0 Å². The highest BCUT2D eigenvalue weighted by molar-refractivity contribution is 5.95. The van der Waals surface area contributed by atoms with Crippen LogP contribution in [0.1, 0.15) is 30.1 Å². The number of carbonyl (C=O) groups is 2. The van der Waals surface area contributed by atoms with Crippen LogP contribution in [0.3, 0.4) is 0 Å². The van der Waals surface area contributed by atoms with Gasteiger partial charge in [-0.15, -0.1) is 5.10 Å². The minimum atomic E-state index is -0.341. The van der Waals surface area contributed by atoms with Gasteiger partial charge in [0.05, 0.1) is 5.92 Å². The summed E-state index contributed by atoms with van der Waals surface area (Å²) in [6, 6.07) is 7.32. The van der Waals surface area contributed by atoms with Crippen LogP contribution in [0.5, 0.6) is 0 Å². The lowest BCUT2D eigenvalue weighted by Crippen LogP contribution is -2.44. The lowest BCUT2D eigenvalue weighted by atomic mass is 9.96. The second kappa shape index (κ2) is 7.77. The zero-order valence-corrected chi connectivity index (χ0v) is 16.1. The Hall–Kier alpha value is -2.90. The predicted octanol–water partition coefficient (Wildman–Crippen LogP) is 1.37. The van der Waals surface area contributed by atoms with Crippen molar-refractivity contribution < 1.29 is 9.59 Å². The molecule has 0 saturated carbocycles. The fourth-order valence-corrected chi connectivity index (χ4v) is 3.37. The zero-order valence-electron chi connectivity index (χ0n) is 16.1. The molecule has 1 aromatic carbocycles. The Morgan fingerprint density at radius 1 is 1.33 bits per heavy atom. The monoisotopic (exact) mass is 370 g/mol. The zero-order chi connectivity index (χ0) is 19.6. The molecule has 0 spiro atoms. The molecule has 3 rings (SSSR count). The smallest absolute Gasteiger partial charge is 0.253 e. The quantitative estimate of drug-likeness (QED) is 0.857. The number of rotatable bonds is 5. The maximum absolute atomic E-state index is 12.9. The van der Waals surface area contributed by atoms with Gasteiger partial charge in [-0.3, -0.25) is 9.59 Å². The van der Waals surface area contributed by atoms with Gasteiger partial charge in [0.2, 0.25) is 11.9 Å². The minimum absolute atomic E-state index is 0.0921. The van der Waals surface area contributed by atoms with Crippen molar-refractivity contribution in [1.82, 2.24) is 19.7 Å². The lowest BCUT2D eigenvalue weighted by Gasteiger charge is -2.31. The van der Waals surface area contributed by atoms with Crippen molar-refractivity contribution in [3.05, 3.63) is 29.8 Å². The van der Waals surface area contributed by atoms with Gasteiger partial charge in [0.15, 0.2) is 5.82 Å². The first-order chi connectivity index (χ1) is 12.9. The van der Waals surface area contributed by atoms with Crippen molar-refractivity contribution >= 4 is 17.8 Å². The number of benzene rings is 1. The number of anilines is 1. The number of nitrogens with two attached hydrogens (primary N) is 1. The van der Waals surface area contributed by atoms with Crippen molar-refractivity contribution in [1.29, 1.82) is 0 Å². The topological polar surface area (TPSA) is 97.3 Å². The Morgan fingerprint density at radius 2 is 2.11 bits per heavy atom. The molecule has 1 aliphatic rings. The Kier molecular flexibility index (Phi) is 5.43. The summed E-state index contributed by atoms with van der Waals surface area (Å²) in [7, 11) is 3.84. The van der Waals surface area contributed by atoms with Crippen molar-refractivity contribution in [2.45, 2.75) is 26.3 Å². The molecule has 1 atom stereocenters. The van der Waals surface area contributed by atoms with E-state index in [4.69, 9.17) is 5.73 Å². The molecule has 1 saturated heterocycles. The molecule has 8 heteroatoms.